The molecular weight excluding hydrogens is 530 g/mol. The van der Waals surface area contributed by atoms with Gasteiger partial charge in [-0.25, -0.2) is 9.67 Å². The van der Waals surface area contributed by atoms with E-state index in [9.17, 15) is 14.7 Å². The molecule has 2 N–H and O–H groups in total. The number of hydrogen-bond donors (Lipinski definition) is 2. The number of carbonyl (C=O) groups excluding carboxylic acids is 1. The summed E-state index contributed by atoms with van der Waals surface area (Å²) in [5, 5.41) is 17.1. The highest BCUT2D eigenvalue weighted by atomic mass is 35.5. The smallest absolute Gasteiger partial charge is 0.279 e. The second-order valence-electron chi connectivity index (χ2n) is 9.82. The number of carbonyl (C=O) groups is 1. The van der Waals surface area contributed by atoms with Crippen molar-refractivity contribution in [1.82, 2.24) is 19.7 Å². The number of pyridine rings is 1. The normalized spacial score (nSPS) is 15.3. The van der Waals surface area contributed by atoms with Crippen molar-refractivity contribution >= 4 is 23.2 Å². The van der Waals surface area contributed by atoms with Crippen LogP contribution in [0.1, 0.15) is 27.9 Å². The largest absolute Gasteiger partial charge is 0.481 e. The van der Waals surface area contributed by atoms with E-state index >= 15 is 0 Å². The lowest BCUT2D eigenvalue weighted by molar-refractivity contribution is 0.102. The van der Waals surface area contributed by atoms with Gasteiger partial charge < -0.3 is 15.2 Å². The number of methoxy groups -OCH3 is 1. The number of anilines is 1. The molecule has 1 aliphatic heterocycles. The SMILES string of the molecule is COc1nc(-c2cccc(-c3cccc(NC(=O)c4ccnn(C)c4=O)c3C)c2Cl)ccc1CN1CCC(O)C1. The molecule has 1 unspecified atom stereocenters. The van der Waals surface area contributed by atoms with Crippen LogP contribution >= 0.6 is 11.6 Å². The highest BCUT2D eigenvalue weighted by Gasteiger charge is 2.22. The number of aryl methyl sites for hydroxylation is 1. The topological polar surface area (TPSA) is 110 Å². The third kappa shape index (κ3) is 5.49. The van der Waals surface area contributed by atoms with Crippen LogP contribution in [0.15, 0.2) is 65.6 Å². The van der Waals surface area contributed by atoms with Crippen LogP contribution < -0.4 is 15.6 Å². The van der Waals surface area contributed by atoms with Gasteiger partial charge in [-0.1, -0.05) is 48.0 Å². The summed E-state index contributed by atoms with van der Waals surface area (Å²) in [5.74, 6) is 0.00595. The standard InChI is InChI=1S/C30H30ClN5O4/c1-18-21(6-5-9-25(18)33-28(38)24-12-14-32-35(2)30(24)39)22-7-4-8-23(27(22)31)26-11-10-19(29(34-26)40-3)16-36-15-13-20(37)17-36/h4-12,14,20,37H,13,15-17H2,1-3H3,(H,33,38). The molecule has 40 heavy (non-hydrogen) atoms. The molecular formula is C30H30ClN5O4. The second-order valence-corrected chi connectivity index (χ2v) is 10.2. The Hall–Kier alpha value is -4.05. The molecule has 0 spiro atoms. The molecule has 10 heteroatoms. The summed E-state index contributed by atoms with van der Waals surface area (Å²) in [6, 6.07) is 16.6. The summed E-state index contributed by atoms with van der Waals surface area (Å²) in [5.41, 5.74) is 4.87. The molecule has 206 valence electrons. The number of aliphatic hydroxyl groups is 1. The van der Waals surface area contributed by atoms with Gasteiger partial charge in [0, 0.05) is 55.3 Å². The predicted octanol–water partition coefficient (Wildman–Crippen LogP) is 4.30. The third-order valence-corrected chi connectivity index (χ3v) is 7.58. The monoisotopic (exact) mass is 559 g/mol. The first-order chi connectivity index (χ1) is 19.3. The number of nitrogens with zero attached hydrogens (tertiary/aromatic N) is 4. The highest BCUT2D eigenvalue weighted by molar-refractivity contribution is 6.36. The molecule has 1 amide bonds. The van der Waals surface area contributed by atoms with E-state index in [4.69, 9.17) is 21.3 Å². The van der Waals surface area contributed by atoms with Crippen LogP contribution in [0.5, 0.6) is 5.88 Å². The zero-order chi connectivity index (χ0) is 28.4. The van der Waals surface area contributed by atoms with Gasteiger partial charge in [0.2, 0.25) is 5.88 Å². The van der Waals surface area contributed by atoms with Crippen molar-refractivity contribution in [2.24, 2.45) is 7.05 Å². The fourth-order valence-electron chi connectivity index (χ4n) is 4.98. The minimum atomic E-state index is -0.511. The number of β-amino-alcohol motifs (C(OH)–C–C–N with tert-alkyl or cyclic N) is 1. The number of likely N-dealkylation sites (tertiary alicyclic amines) is 1. The van der Waals surface area contributed by atoms with Crippen molar-refractivity contribution in [2.75, 3.05) is 25.5 Å². The van der Waals surface area contributed by atoms with Crippen LogP contribution in [-0.4, -0.2) is 57.0 Å². The fraction of sp³-hybridized carbons (Fsp3) is 0.267. The summed E-state index contributed by atoms with van der Waals surface area (Å²) in [4.78, 5) is 32.2. The van der Waals surface area contributed by atoms with E-state index in [0.29, 0.717) is 35.4 Å². The fourth-order valence-corrected chi connectivity index (χ4v) is 5.31. The van der Waals surface area contributed by atoms with Crippen LogP contribution in [0.2, 0.25) is 5.02 Å². The van der Waals surface area contributed by atoms with Gasteiger partial charge >= 0.3 is 0 Å². The molecule has 3 heterocycles. The van der Waals surface area contributed by atoms with E-state index in [0.717, 1.165) is 45.5 Å². The van der Waals surface area contributed by atoms with Gasteiger partial charge in [0.25, 0.3) is 11.5 Å². The number of amides is 1. The summed E-state index contributed by atoms with van der Waals surface area (Å²) in [6.07, 6.45) is 1.89. The van der Waals surface area contributed by atoms with Crippen molar-refractivity contribution in [2.45, 2.75) is 26.0 Å². The van der Waals surface area contributed by atoms with E-state index in [-0.39, 0.29) is 11.7 Å². The lowest BCUT2D eigenvalue weighted by Gasteiger charge is -2.18. The zero-order valence-electron chi connectivity index (χ0n) is 22.5. The summed E-state index contributed by atoms with van der Waals surface area (Å²) >= 11 is 6.98. The summed E-state index contributed by atoms with van der Waals surface area (Å²) in [7, 11) is 3.09. The van der Waals surface area contributed by atoms with Crippen molar-refractivity contribution in [1.29, 1.82) is 0 Å². The van der Waals surface area contributed by atoms with Gasteiger partial charge in [0.15, 0.2) is 0 Å². The third-order valence-electron chi connectivity index (χ3n) is 7.17. The maximum Gasteiger partial charge on any atom is 0.279 e. The van der Waals surface area contributed by atoms with E-state index in [1.807, 2.05) is 49.4 Å². The first-order valence-electron chi connectivity index (χ1n) is 12.9. The molecule has 1 saturated heterocycles. The summed E-state index contributed by atoms with van der Waals surface area (Å²) < 4.78 is 6.73. The minimum absolute atomic E-state index is 0.00621. The van der Waals surface area contributed by atoms with E-state index < -0.39 is 11.5 Å². The Bertz CT molecular complexity index is 1640. The Morgan fingerprint density at radius 2 is 1.88 bits per heavy atom. The number of halogens is 1. The van der Waals surface area contributed by atoms with Gasteiger partial charge in [0.05, 0.1) is 23.9 Å². The van der Waals surface area contributed by atoms with Gasteiger partial charge in [-0.2, -0.15) is 5.10 Å². The highest BCUT2D eigenvalue weighted by Crippen LogP contribution is 2.39. The molecule has 2 aromatic heterocycles. The quantitative estimate of drug-likeness (QED) is 0.347. The zero-order valence-corrected chi connectivity index (χ0v) is 23.3. The molecule has 4 aromatic rings. The average Bonchev–Trinajstić information content (AvgIpc) is 3.36. The van der Waals surface area contributed by atoms with E-state index in [1.165, 1.54) is 19.3 Å². The van der Waals surface area contributed by atoms with E-state index in [2.05, 4.69) is 15.3 Å². The van der Waals surface area contributed by atoms with Crippen LogP contribution in [0.4, 0.5) is 5.69 Å². The molecule has 1 aliphatic rings. The maximum absolute atomic E-state index is 12.9. The Labute approximate surface area is 237 Å². The van der Waals surface area contributed by atoms with Crippen LogP contribution in [0.3, 0.4) is 0 Å². The number of aromatic nitrogens is 3. The van der Waals surface area contributed by atoms with Crippen LogP contribution in [-0.2, 0) is 13.6 Å². The number of hydrogen-bond acceptors (Lipinski definition) is 7. The van der Waals surface area contributed by atoms with Crippen molar-refractivity contribution in [3.63, 3.8) is 0 Å². The number of nitrogens with one attached hydrogen (secondary N) is 1. The molecule has 0 saturated carbocycles. The first-order valence-corrected chi connectivity index (χ1v) is 13.3. The van der Waals surface area contributed by atoms with Gasteiger partial charge in [-0.05, 0) is 42.7 Å². The molecule has 1 atom stereocenters. The predicted molar refractivity (Wildman–Crippen MR) is 155 cm³/mol. The number of ether oxygens (including phenoxy) is 1. The van der Waals surface area contributed by atoms with Crippen molar-refractivity contribution < 1.29 is 14.6 Å². The lowest BCUT2D eigenvalue weighted by Crippen LogP contribution is -2.28. The minimum Gasteiger partial charge on any atom is -0.481 e. The maximum atomic E-state index is 12.9. The van der Waals surface area contributed by atoms with Gasteiger partial charge in [0.1, 0.15) is 5.56 Å². The Balaban J connectivity index is 1.45. The lowest BCUT2D eigenvalue weighted by atomic mass is 9.96. The molecule has 5 rings (SSSR count). The Kier molecular flexibility index (Phi) is 7.97. The van der Waals surface area contributed by atoms with Crippen molar-refractivity contribution in [3.05, 3.63) is 92.9 Å². The molecule has 0 aliphatic carbocycles. The van der Waals surface area contributed by atoms with Crippen molar-refractivity contribution in [3.8, 4) is 28.3 Å². The number of rotatable bonds is 7. The molecule has 1 fully saturated rings. The Morgan fingerprint density at radius 1 is 1.12 bits per heavy atom. The van der Waals surface area contributed by atoms with Crippen LogP contribution in [0.25, 0.3) is 22.4 Å². The first kappa shape index (κ1) is 27.5. The number of aliphatic hydroxyl groups excluding tert-OH is 1. The average molecular weight is 560 g/mol. The van der Waals surface area contributed by atoms with E-state index in [1.54, 1.807) is 13.2 Å². The van der Waals surface area contributed by atoms with Gasteiger partial charge in [-0.3, -0.25) is 14.5 Å². The molecule has 0 radical (unpaired) electrons. The van der Waals surface area contributed by atoms with Crippen LogP contribution in [0, 0.1) is 6.92 Å². The Morgan fingerprint density at radius 3 is 2.62 bits per heavy atom. The second kappa shape index (κ2) is 11.6. The summed E-state index contributed by atoms with van der Waals surface area (Å²) in [6.45, 7) is 4.00. The molecule has 2 aromatic carbocycles. The molecule has 9 nitrogen and oxygen atoms in total. The van der Waals surface area contributed by atoms with Gasteiger partial charge in [-0.15, -0.1) is 0 Å². The molecule has 0 bridgehead atoms. The number of benzene rings is 2.